The van der Waals surface area contributed by atoms with Gasteiger partial charge < -0.3 is 14.5 Å². The normalized spacial score (nSPS) is 12.0. The molecule has 0 bridgehead atoms. The first-order chi connectivity index (χ1) is 11.8. The number of carbonyl (C=O) groups excluding carboxylic acids is 1. The number of benzene rings is 1. The first-order valence-electron chi connectivity index (χ1n) is 7.58. The molecule has 3 rings (SSSR count). The van der Waals surface area contributed by atoms with Crippen LogP contribution in [0.4, 0.5) is 0 Å². The number of methoxy groups -OCH3 is 1. The fraction of sp³-hybridized carbons (Fsp3) is 0.235. The van der Waals surface area contributed by atoms with Crippen molar-refractivity contribution in [3.63, 3.8) is 0 Å². The van der Waals surface area contributed by atoms with Crippen LogP contribution in [0, 0.1) is 0 Å². The van der Waals surface area contributed by atoms with E-state index in [2.05, 4.69) is 20.5 Å². The number of ether oxygens (including phenoxy) is 1. The van der Waals surface area contributed by atoms with Crippen molar-refractivity contribution in [2.45, 2.75) is 12.5 Å². The fourth-order valence-electron chi connectivity index (χ4n) is 2.34. The lowest BCUT2D eigenvalue weighted by Gasteiger charge is -2.15. The third-order valence-corrected chi connectivity index (χ3v) is 3.51. The number of amides is 1. The number of nitrogens with zero attached hydrogens (tertiary/aromatic N) is 2. The summed E-state index contributed by atoms with van der Waals surface area (Å²) in [4.78, 5) is 16.6. The van der Waals surface area contributed by atoms with Gasteiger partial charge in [0.1, 0.15) is 5.82 Å². The van der Waals surface area contributed by atoms with Crippen molar-refractivity contribution < 1.29 is 13.9 Å². The van der Waals surface area contributed by atoms with Gasteiger partial charge in [-0.1, -0.05) is 30.3 Å². The van der Waals surface area contributed by atoms with Crippen molar-refractivity contribution in [3.05, 3.63) is 60.1 Å². The van der Waals surface area contributed by atoms with Crippen LogP contribution in [0.1, 0.15) is 17.5 Å². The number of H-pyrrole nitrogens is 1. The molecule has 2 aromatic heterocycles. The molecule has 7 heteroatoms. The number of nitrogens with one attached hydrogen (secondary N) is 2. The van der Waals surface area contributed by atoms with Crippen molar-refractivity contribution in [2.75, 3.05) is 13.7 Å². The van der Waals surface area contributed by atoms with Crippen molar-refractivity contribution >= 4 is 5.91 Å². The molecule has 0 aliphatic rings. The van der Waals surface area contributed by atoms with Gasteiger partial charge in [0.05, 0.1) is 6.26 Å². The summed E-state index contributed by atoms with van der Waals surface area (Å²) in [6, 6.07) is 12.9. The van der Waals surface area contributed by atoms with E-state index in [0.717, 1.165) is 5.56 Å². The molecule has 0 radical (unpaired) electrons. The Morgan fingerprint density at radius 2 is 2.12 bits per heavy atom. The van der Waals surface area contributed by atoms with Gasteiger partial charge in [0, 0.05) is 20.1 Å². The van der Waals surface area contributed by atoms with Gasteiger partial charge in [-0.05, 0) is 17.7 Å². The molecule has 3 aromatic rings. The topological polar surface area (TPSA) is 93.0 Å². The van der Waals surface area contributed by atoms with Crippen LogP contribution in [-0.4, -0.2) is 34.7 Å². The van der Waals surface area contributed by atoms with E-state index < -0.39 is 6.10 Å². The summed E-state index contributed by atoms with van der Waals surface area (Å²) in [5, 5.41) is 9.78. The van der Waals surface area contributed by atoms with E-state index in [1.807, 2.05) is 30.3 Å². The van der Waals surface area contributed by atoms with Gasteiger partial charge >= 0.3 is 0 Å². The molecule has 1 atom stereocenters. The van der Waals surface area contributed by atoms with E-state index >= 15 is 0 Å². The Labute approximate surface area is 139 Å². The predicted octanol–water partition coefficient (Wildman–Crippen LogP) is 2.11. The zero-order chi connectivity index (χ0) is 16.8. The second kappa shape index (κ2) is 7.56. The average molecular weight is 326 g/mol. The minimum absolute atomic E-state index is 0.186. The summed E-state index contributed by atoms with van der Waals surface area (Å²) in [6.07, 6.45) is 1.48. The summed E-state index contributed by atoms with van der Waals surface area (Å²) in [5.74, 6) is 1.59. The maximum atomic E-state index is 12.3. The van der Waals surface area contributed by atoms with Crippen LogP contribution in [-0.2, 0) is 16.0 Å². The van der Waals surface area contributed by atoms with E-state index in [1.165, 1.54) is 7.11 Å². The van der Waals surface area contributed by atoms with Crippen LogP contribution in [0.15, 0.2) is 53.1 Å². The number of rotatable bonds is 7. The molecule has 0 fully saturated rings. The number of aromatic amines is 1. The second-order valence-electron chi connectivity index (χ2n) is 5.15. The Balaban J connectivity index is 1.53. The average Bonchev–Trinajstić information content (AvgIpc) is 3.28. The molecule has 0 aliphatic heterocycles. The van der Waals surface area contributed by atoms with Gasteiger partial charge in [0.25, 0.3) is 5.91 Å². The van der Waals surface area contributed by atoms with Gasteiger partial charge in [0.2, 0.25) is 5.82 Å². The Morgan fingerprint density at radius 1 is 1.29 bits per heavy atom. The molecule has 1 aromatic carbocycles. The third-order valence-electron chi connectivity index (χ3n) is 3.51. The Hall–Kier alpha value is -2.93. The molecule has 2 N–H and O–H groups in total. The highest BCUT2D eigenvalue weighted by atomic mass is 16.5. The molecule has 0 saturated heterocycles. The highest BCUT2D eigenvalue weighted by Gasteiger charge is 2.19. The largest absolute Gasteiger partial charge is 0.461 e. The molecular formula is C17H18N4O3. The number of furan rings is 1. The Kier molecular flexibility index (Phi) is 5.02. The lowest BCUT2D eigenvalue weighted by atomic mass is 10.1. The molecule has 7 nitrogen and oxygen atoms in total. The molecule has 2 heterocycles. The standard InChI is InChI=1S/C17H18N4O3/c1-23-15(12-6-3-2-4-7-12)17(22)18-10-9-14-19-16(21-20-14)13-8-5-11-24-13/h2-8,11,15H,9-10H2,1H3,(H,18,22)(H,19,20,21)/t15-/m0/s1. The first-order valence-corrected chi connectivity index (χ1v) is 7.58. The summed E-state index contributed by atoms with van der Waals surface area (Å²) in [6.45, 7) is 0.429. The van der Waals surface area contributed by atoms with Crippen molar-refractivity contribution in [3.8, 4) is 11.6 Å². The molecule has 0 spiro atoms. The van der Waals surface area contributed by atoms with Crippen LogP contribution in [0.25, 0.3) is 11.6 Å². The molecule has 124 valence electrons. The smallest absolute Gasteiger partial charge is 0.253 e. The number of hydrogen-bond donors (Lipinski definition) is 2. The highest BCUT2D eigenvalue weighted by molar-refractivity contribution is 5.82. The number of carbonyl (C=O) groups is 1. The summed E-state index contributed by atoms with van der Waals surface area (Å²) < 4.78 is 10.5. The van der Waals surface area contributed by atoms with Gasteiger partial charge in [-0.15, -0.1) is 0 Å². The maximum Gasteiger partial charge on any atom is 0.253 e. The van der Waals surface area contributed by atoms with E-state index in [1.54, 1.807) is 18.4 Å². The van der Waals surface area contributed by atoms with Crippen molar-refractivity contribution in [2.24, 2.45) is 0 Å². The minimum Gasteiger partial charge on any atom is -0.461 e. The zero-order valence-corrected chi connectivity index (χ0v) is 13.2. The van der Waals surface area contributed by atoms with Crippen molar-refractivity contribution in [1.29, 1.82) is 0 Å². The third kappa shape index (κ3) is 3.69. The van der Waals surface area contributed by atoms with E-state index in [0.29, 0.717) is 30.4 Å². The molecular weight excluding hydrogens is 308 g/mol. The monoisotopic (exact) mass is 326 g/mol. The maximum absolute atomic E-state index is 12.3. The summed E-state index contributed by atoms with van der Waals surface area (Å²) in [7, 11) is 1.52. The Morgan fingerprint density at radius 3 is 2.83 bits per heavy atom. The molecule has 1 amide bonds. The van der Waals surface area contributed by atoms with E-state index in [-0.39, 0.29) is 5.91 Å². The lowest BCUT2D eigenvalue weighted by Crippen LogP contribution is -2.32. The Bertz CT molecular complexity index is 768. The zero-order valence-electron chi connectivity index (χ0n) is 13.2. The molecule has 0 aliphatic carbocycles. The van der Waals surface area contributed by atoms with E-state index in [9.17, 15) is 4.79 Å². The summed E-state index contributed by atoms with van der Waals surface area (Å²) in [5.41, 5.74) is 0.817. The first kappa shape index (κ1) is 15.9. The lowest BCUT2D eigenvalue weighted by molar-refractivity contribution is -0.131. The number of aromatic nitrogens is 3. The SMILES string of the molecule is CO[C@H](C(=O)NCCc1nc(-c2ccco2)n[nH]1)c1ccccc1. The van der Waals surface area contributed by atoms with Gasteiger partial charge in [-0.2, -0.15) is 5.10 Å². The van der Waals surface area contributed by atoms with Crippen LogP contribution < -0.4 is 5.32 Å². The van der Waals surface area contributed by atoms with Gasteiger partial charge in [0.15, 0.2) is 11.9 Å². The van der Waals surface area contributed by atoms with Crippen LogP contribution in [0.3, 0.4) is 0 Å². The van der Waals surface area contributed by atoms with E-state index in [4.69, 9.17) is 9.15 Å². The predicted molar refractivity (Wildman–Crippen MR) is 87.0 cm³/mol. The van der Waals surface area contributed by atoms with Crippen LogP contribution in [0.2, 0.25) is 0 Å². The fourth-order valence-corrected chi connectivity index (χ4v) is 2.34. The molecule has 0 unspecified atom stereocenters. The van der Waals surface area contributed by atoms with Gasteiger partial charge in [-0.25, -0.2) is 4.98 Å². The van der Waals surface area contributed by atoms with Crippen molar-refractivity contribution in [1.82, 2.24) is 20.5 Å². The molecule has 0 saturated carbocycles. The minimum atomic E-state index is -0.625. The highest BCUT2D eigenvalue weighted by Crippen LogP contribution is 2.16. The summed E-state index contributed by atoms with van der Waals surface area (Å²) >= 11 is 0. The quantitative estimate of drug-likeness (QED) is 0.693. The second-order valence-corrected chi connectivity index (χ2v) is 5.15. The molecule has 24 heavy (non-hydrogen) atoms. The number of hydrogen-bond acceptors (Lipinski definition) is 5. The van der Waals surface area contributed by atoms with Crippen LogP contribution in [0.5, 0.6) is 0 Å². The van der Waals surface area contributed by atoms with Gasteiger partial charge in [-0.3, -0.25) is 9.89 Å². The van der Waals surface area contributed by atoms with Crippen LogP contribution >= 0.6 is 0 Å².